The lowest BCUT2D eigenvalue weighted by molar-refractivity contribution is 0.133. The number of benzene rings is 1. The summed E-state index contributed by atoms with van der Waals surface area (Å²) in [5.41, 5.74) is 2.54. The Morgan fingerprint density at radius 3 is 2.89 bits per heavy atom. The summed E-state index contributed by atoms with van der Waals surface area (Å²) in [5.74, 6) is 1.31. The monoisotopic (exact) mass is 259 g/mol. The molecular weight excluding hydrogens is 238 g/mol. The van der Waals surface area contributed by atoms with Crippen molar-refractivity contribution in [3.05, 3.63) is 30.0 Å². The summed E-state index contributed by atoms with van der Waals surface area (Å²) in [6.45, 7) is 0. The third-order valence-corrected chi connectivity index (χ3v) is 4.38. The van der Waals surface area contributed by atoms with Gasteiger partial charge in [0.05, 0.1) is 18.7 Å². The van der Waals surface area contributed by atoms with Crippen LogP contribution in [-0.2, 0) is 13.5 Å². The smallest absolute Gasteiger partial charge is 0.120 e. The van der Waals surface area contributed by atoms with Crippen molar-refractivity contribution in [1.82, 2.24) is 4.57 Å². The SMILES string of the molecule is COc1ccc2c(CC3CCCC3O)cn(C)c2c1. The van der Waals surface area contributed by atoms with Crippen LogP contribution in [0.15, 0.2) is 24.4 Å². The number of aryl methyl sites for hydroxylation is 1. The zero-order valence-corrected chi connectivity index (χ0v) is 11.6. The Morgan fingerprint density at radius 1 is 1.37 bits per heavy atom. The molecule has 1 heterocycles. The van der Waals surface area contributed by atoms with Crippen LogP contribution < -0.4 is 4.74 Å². The lowest BCUT2D eigenvalue weighted by Crippen LogP contribution is -2.15. The molecule has 102 valence electrons. The third-order valence-electron chi connectivity index (χ3n) is 4.38. The van der Waals surface area contributed by atoms with E-state index in [1.54, 1.807) is 7.11 Å². The van der Waals surface area contributed by atoms with E-state index in [9.17, 15) is 5.11 Å². The second-order valence-corrected chi connectivity index (χ2v) is 5.61. The molecule has 1 aromatic carbocycles. The molecule has 3 rings (SSSR count). The third kappa shape index (κ3) is 2.23. The molecule has 0 spiro atoms. The van der Waals surface area contributed by atoms with Gasteiger partial charge in [0, 0.05) is 24.7 Å². The molecule has 1 N–H and O–H groups in total. The molecule has 1 saturated carbocycles. The molecule has 2 aromatic rings. The molecule has 0 bridgehead atoms. The number of rotatable bonds is 3. The van der Waals surface area contributed by atoms with E-state index in [1.807, 2.05) is 6.07 Å². The van der Waals surface area contributed by atoms with Gasteiger partial charge in [-0.3, -0.25) is 0 Å². The first kappa shape index (κ1) is 12.5. The molecule has 1 aliphatic carbocycles. The zero-order chi connectivity index (χ0) is 13.4. The van der Waals surface area contributed by atoms with Crippen molar-refractivity contribution in [3.8, 4) is 5.75 Å². The Bertz CT molecular complexity index is 588. The highest BCUT2D eigenvalue weighted by molar-refractivity contribution is 5.85. The Balaban J connectivity index is 1.95. The predicted octanol–water partition coefficient (Wildman–Crippen LogP) is 2.89. The minimum atomic E-state index is -0.117. The fourth-order valence-electron chi connectivity index (χ4n) is 3.28. The minimum Gasteiger partial charge on any atom is -0.497 e. The molecule has 0 saturated heterocycles. The van der Waals surface area contributed by atoms with Gasteiger partial charge < -0.3 is 14.4 Å². The quantitative estimate of drug-likeness (QED) is 0.919. The van der Waals surface area contributed by atoms with E-state index >= 15 is 0 Å². The Hall–Kier alpha value is -1.48. The Kier molecular flexibility index (Phi) is 3.23. The highest BCUT2D eigenvalue weighted by atomic mass is 16.5. The number of aliphatic hydroxyl groups is 1. The zero-order valence-electron chi connectivity index (χ0n) is 11.6. The highest BCUT2D eigenvalue weighted by Crippen LogP contribution is 2.32. The molecule has 0 amide bonds. The number of hydrogen-bond acceptors (Lipinski definition) is 2. The van der Waals surface area contributed by atoms with Crippen molar-refractivity contribution in [2.45, 2.75) is 31.8 Å². The standard InChI is InChI=1S/C16H21NO2/c1-17-10-12(8-11-4-3-5-16(11)18)14-7-6-13(19-2)9-15(14)17/h6-7,9-11,16,18H,3-5,8H2,1-2H3. The van der Waals surface area contributed by atoms with E-state index in [2.05, 4.69) is 29.9 Å². The van der Waals surface area contributed by atoms with Gasteiger partial charge in [-0.25, -0.2) is 0 Å². The van der Waals surface area contributed by atoms with Crippen LogP contribution in [0.2, 0.25) is 0 Å². The van der Waals surface area contributed by atoms with Crippen LogP contribution in [0.1, 0.15) is 24.8 Å². The molecule has 1 fully saturated rings. The average molecular weight is 259 g/mol. The molecule has 3 heteroatoms. The van der Waals surface area contributed by atoms with Crippen LogP contribution in [0.25, 0.3) is 10.9 Å². The van der Waals surface area contributed by atoms with Crippen LogP contribution in [-0.4, -0.2) is 22.9 Å². The lowest BCUT2D eigenvalue weighted by atomic mass is 9.96. The van der Waals surface area contributed by atoms with Crippen LogP contribution in [0.3, 0.4) is 0 Å². The maximum Gasteiger partial charge on any atom is 0.120 e. The summed E-state index contributed by atoms with van der Waals surface area (Å²) in [4.78, 5) is 0. The van der Waals surface area contributed by atoms with Gasteiger partial charge in [-0.05, 0) is 42.9 Å². The summed E-state index contributed by atoms with van der Waals surface area (Å²) in [7, 11) is 3.76. The second-order valence-electron chi connectivity index (χ2n) is 5.61. The van der Waals surface area contributed by atoms with Crippen LogP contribution in [0.5, 0.6) is 5.75 Å². The normalized spacial score (nSPS) is 23.1. The second kappa shape index (κ2) is 4.89. The first-order valence-corrected chi connectivity index (χ1v) is 6.99. The summed E-state index contributed by atoms with van der Waals surface area (Å²) in [5, 5.41) is 11.3. The number of hydrogen-bond donors (Lipinski definition) is 1. The highest BCUT2D eigenvalue weighted by Gasteiger charge is 2.26. The van der Waals surface area contributed by atoms with Gasteiger partial charge in [0.25, 0.3) is 0 Å². The average Bonchev–Trinajstić information content (AvgIpc) is 2.95. The maximum atomic E-state index is 9.98. The molecular formula is C16H21NO2. The Labute approximate surface area is 113 Å². The van der Waals surface area contributed by atoms with E-state index < -0.39 is 0 Å². The van der Waals surface area contributed by atoms with Gasteiger partial charge in [-0.1, -0.05) is 6.42 Å². The number of nitrogens with zero attached hydrogens (tertiary/aromatic N) is 1. The van der Waals surface area contributed by atoms with Crippen LogP contribution in [0, 0.1) is 5.92 Å². The molecule has 1 aromatic heterocycles. The topological polar surface area (TPSA) is 34.4 Å². The van der Waals surface area contributed by atoms with Gasteiger partial charge >= 0.3 is 0 Å². The number of methoxy groups -OCH3 is 1. The van der Waals surface area contributed by atoms with E-state index in [1.165, 1.54) is 16.5 Å². The fraction of sp³-hybridized carbons (Fsp3) is 0.500. The first-order valence-electron chi connectivity index (χ1n) is 6.99. The predicted molar refractivity (Wildman–Crippen MR) is 76.5 cm³/mol. The summed E-state index contributed by atoms with van der Waals surface area (Å²) >= 11 is 0. The van der Waals surface area contributed by atoms with Gasteiger partial charge in [-0.2, -0.15) is 0 Å². The van der Waals surface area contributed by atoms with Gasteiger partial charge in [0.2, 0.25) is 0 Å². The molecule has 1 aliphatic rings. The van der Waals surface area contributed by atoms with Gasteiger partial charge in [0.1, 0.15) is 5.75 Å². The van der Waals surface area contributed by atoms with Crippen molar-refractivity contribution in [1.29, 1.82) is 0 Å². The lowest BCUT2D eigenvalue weighted by Gasteiger charge is -2.13. The summed E-state index contributed by atoms with van der Waals surface area (Å²) < 4.78 is 7.43. The number of ether oxygens (including phenoxy) is 1. The van der Waals surface area contributed by atoms with E-state index in [0.29, 0.717) is 5.92 Å². The molecule has 0 radical (unpaired) electrons. The number of fused-ring (bicyclic) bond motifs is 1. The van der Waals surface area contributed by atoms with E-state index in [0.717, 1.165) is 31.4 Å². The van der Waals surface area contributed by atoms with Gasteiger partial charge in [-0.15, -0.1) is 0 Å². The Morgan fingerprint density at radius 2 is 2.21 bits per heavy atom. The van der Waals surface area contributed by atoms with Crippen molar-refractivity contribution >= 4 is 10.9 Å². The molecule has 0 aliphatic heterocycles. The molecule has 2 unspecified atom stereocenters. The minimum absolute atomic E-state index is 0.117. The maximum absolute atomic E-state index is 9.98. The van der Waals surface area contributed by atoms with Crippen molar-refractivity contribution in [3.63, 3.8) is 0 Å². The van der Waals surface area contributed by atoms with Crippen molar-refractivity contribution < 1.29 is 9.84 Å². The molecule has 19 heavy (non-hydrogen) atoms. The summed E-state index contributed by atoms with van der Waals surface area (Å²) in [6.07, 6.45) is 6.31. The van der Waals surface area contributed by atoms with E-state index in [-0.39, 0.29) is 6.10 Å². The van der Waals surface area contributed by atoms with Crippen LogP contribution in [0.4, 0.5) is 0 Å². The first-order chi connectivity index (χ1) is 9.19. The van der Waals surface area contributed by atoms with E-state index in [4.69, 9.17) is 4.74 Å². The molecule has 2 atom stereocenters. The fourth-order valence-corrected chi connectivity index (χ4v) is 3.28. The van der Waals surface area contributed by atoms with Crippen LogP contribution >= 0.6 is 0 Å². The number of aliphatic hydroxyl groups excluding tert-OH is 1. The van der Waals surface area contributed by atoms with Crippen molar-refractivity contribution in [2.24, 2.45) is 13.0 Å². The number of aromatic nitrogens is 1. The van der Waals surface area contributed by atoms with Gasteiger partial charge in [0.15, 0.2) is 0 Å². The largest absolute Gasteiger partial charge is 0.497 e. The molecule has 3 nitrogen and oxygen atoms in total. The summed E-state index contributed by atoms with van der Waals surface area (Å²) in [6, 6.07) is 6.21. The van der Waals surface area contributed by atoms with Crippen molar-refractivity contribution in [2.75, 3.05) is 7.11 Å².